The van der Waals surface area contributed by atoms with Gasteiger partial charge in [0, 0.05) is 5.92 Å². The molecule has 3 aliphatic rings. The number of hydrogen-bond donors (Lipinski definition) is 1. The minimum atomic E-state index is -0.484. The number of aliphatic hydroxyl groups excluding tert-OH is 1. The van der Waals surface area contributed by atoms with Gasteiger partial charge in [-0.2, -0.15) is 0 Å². The predicted molar refractivity (Wildman–Crippen MR) is 67.4 cm³/mol. The molecule has 98 valence electrons. The van der Waals surface area contributed by atoms with E-state index >= 15 is 0 Å². The summed E-state index contributed by atoms with van der Waals surface area (Å²) in [4.78, 5) is 0. The van der Waals surface area contributed by atoms with Gasteiger partial charge in [0.15, 0.2) is 6.29 Å². The molecule has 2 saturated carbocycles. The first-order chi connectivity index (χ1) is 7.95. The van der Waals surface area contributed by atoms with Crippen LogP contribution in [0.2, 0.25) is 0 Å². The molecule has 0 unspecified atom stereocenters. The van der Waals surface area contributed by atoms with Crippen LogP contribution in [0.1, 0.15) is 52.9 Å². The predicted octanol–water partition coefficient (Wildman–Crippen LogP) is 3.19. The minimum Gasteiger partial charge on any atom is -0.368 e. The van der Waals surface area contributed by atoms with E-state index < -0.39 is 6.29 Å². The summed E-state index contributed by atoms with van der Waals surface area (Å²) in [6, 6.07) is 0. The van der Waals surface area contributed by atoms with E-state index in [1.165, 1.54) is 25.7 Å². The fraction of sp³-hybridized carbons (Fsp3) is 1.00. The molecule has 17 heavy (non-hydrogen) atoms. The molecule has 0 aromatic rings. The van der Waals surface area contributed by atoms with E-state index in [2.05, 4.69) is 20.8 Å². The van der Waals surface area contributed by atoms with E-state index in [0.29, 0.717) is 22.7 Å². The SMILES string of the molecule is CC1(C)CCC[C@]2(C)[C@H]3CO[C@H](O)[C@H]3CC[C@@H]12. The van der Waals surface area contributed by atoms with Gasteiger partial charge in [-0.05, 0) is 48.3 Å². The monoisotopic (exact) mass is 238 g/mol. The van der Waals surface area contributed by atoms with E-state index in [1.54, 1.807) is 0 Å². The molecule has 3 rings (SSSR count). The summed E-state index contributed by atoms with van der Waals surface area (Å²) in [6.07, 6.45) is 6.01. The van der Waals surface area contributed by atoms with E-state index in [-0.39, 0.29) is 0 Å². The van der Waals surface area contributed by atoms with Crippen molar-refractivity contribution >= 4 is 0 Å². The van der Waals surface area contributed by atoms with E-state index in [9.17, 15) is 5.11 Å². The second-order valence-electron chi connectivity index (χ2n) is 7.47. The van der Waals surface area contributed by atoms with E-state index in [1.807, 2.05) is 0 Å². The minimum absolute atomic E-state index is 0.405. The molecule has 0 bridgehead atoms. The standard InChI is InChI=1S/C15H26O2/c1-14(2)7-4-8-15(3)11-9-17-13(16)10(11)5-6-12(14)15/h10-13,16H,4-9H2,1-3H3/t10-,11-,12-,13-,15+/m0/s1. The first-order valence-electron chi connectivity index (χ1n) is 7.25. The zero-order valence-corrected chi connectivity index (χ0v) is 11.4. The lowest BCUT2D eigenvalue weighted by atomic mass is 9.47. The highest BCUT2D eigenvalue weighted by Crippen LogP contribution is 2.62. The van der Waals surface area contributed by atoms with Crippen molar-refractivity contribution in [1.29, 1.82) is 0 Å². The van der Waals surface area contributed by atoms with Crippen LogP contribution >= 0.6 is 0 Å². The van der Waals surface area contributed by atoms with Gasteiger partial charge in [0.25, 0.3) is 0 Å². The Bertz CT molecular complexity index is 312. The second kappa shape index (κ2) is 3.71. The van der Waals surface area contributed by atoms with Crippen molar-refractivity contribution in [3.8, 4) is 0 Å². The van der Waals surface area contributed by atoms with Crippen LogP contribution in [0.4, 0.5) is 0 Å². The molecular formula is C15H26O2. The van der Waals surface area contributed by atoms with Crippen LogP contribution in [0.15, 0.2) is 0 Å². The summed E-state index contributed by atoms with van der Waals surface area (Å²) < 4.78 is 5.54. The largest absolute Gasteiger partial charge is 0.368 e. The number of rotatable bonds is 0. The Labute approximate surface area is 105 Å². The van der Waals surface area contributed by atoms with Gasteiger partial charge >= 0.3 is 0 Å². The highest BCUT2D eigenvalue weighted by molar-refractivity contribution is 5.05. The Hall–Kier alpha value is -0.0800. The van der Waals surface area contributed by atoms with Crippen LogP contribution in [-0.4, -0.2) is 18.0 Å². The Kier molecular flexibility index (Phi) is 2.61. The Morgan fingerprint density at radius 2 is 1.88 bits per heavy atom. The van der Waals surface area contributed by atoms with Gasteiger partial charge in [0.05, 0.1) is 6.61 Å². The molecule has 1 aliphatic heterocycles. The fourth-order valence-corrected chi connectivity index (χ4v) is 5.36. The third-order valence-electron chi connectivity index (χ3n) is 6.24. The molecule has 0 amide bonds. The molecule has 5 atom stereocenters. The molecule has 3 fully saturated rings. The molecule has 2 aliphatic carbocycles. The van der Waals surface area contributed by atoms with E-state index in [4.69, 9.17) is 4.74 Å². The summed E-state index contributed by atoms with van der Waals surface area (Å²) in [5, 5.41) is 9.94. The topological polar surface area (TPSA) is 29.5 Å². The maximum absolute atomic E-state index is 9.94. The van der Waals surface area contributed by atoms with Crippen LogP contribution in [0.25, 0.3) is 0 Å². The zero-order chi connectivity index (χ0) is 12.3. The Morgan fingerprint density at radius 3 is 2.65 bits per heavy atom. The van der Waals surface area contributed by atoms with E-state index in [0.717, 1.165) is 18.9 Å². The van der Waals surface area contributed by atoms with Gasteiger partial charge in [-0.3, -0.25) is 0 Å². The zero-order valence-electron chi connectivity index (χ0n) is 11.4. The third kappa shape index (κ3) is 1.60. The quantitative estimate of drug-likeness (QED) is 0.702. The van der Waals surface area contributed by atoms with Crippen molar-refractivity contribution in [2.45, 2.75) is 59.2 Å². The molecule has 0 radical (unpaired) electrons. The van der Waals surface area contributed by atoms with Gasteiger partial charge in [0.2, 0.25) is 0 Å². The van der Waals surface area contributed by atoms with Gasteiger partial charge in [-0.1, -0.05) is 27.2 Å². The van der Waals surface area contributed by atoms with Crippen LogP contribution < -0.4 is 0 Å². The number of aliphatic hydroxyl groups is 1. The lowest BCUT2D eigenvalue weighted by molar-refractivity contribution is -0.110. The van der Waals surface area contributed by atoms with Gasteiger partial charge < -0.3 is 9.84 Å². The highest BCUT2D eigenvalue weighted by atomic mass is 16.6. The fourth-order valence-electron chi connectivity index (χ4n) is 5.36. The molecule has 1 saturated heterocycles. The van der Waals surface area contributed by atoms with Crippen LogP contribution in [0, 0.1) is 28.6 Å². The molecule has 0 aromatic heterocycles. The molecular weight excluding hydrogens is 212 g/mol. The summed E-state index contributed by atoms with van der Waals surface area (Å²) in [6.45, 7) is 8.15. The summed E-state index contributed by atoms with van der Waals surface area (Å²) >= 11 is 0. The van der Waals surface area contributed by atoms with Crippen molar-refractivity contribution in [3.63, 3.8) is 0 Å². The molecule has 2 nitrogen and oxygen atoms in total. The lowest BCUT2D eigenvalue weighted by Gasteiger charge is -2.57. The third-order valence-corrected chi connectivity index (χ3v) is 6.24. The maximum Gasteiger partial charge on any atom is 0.157 e. The number of hydrogen-bond acceptors (Lipinski definition) is 2. The van der Waals surface area contributed by atoms with Crippen LogP contribution in [0.3, 0.4) is 0 Å². The van der Waals surface area contributed by atoms with Crippen LogP contribution in [-0.2, 0) is 4.74 Å². The number of ether oxygens (including phenoxy) is 1. The summed E-state index contributed by atoms with van der Waals surface area (Å²) in [5.74, 6) is 1.82. The molecule has 1 N–H and O–H groups in total. The van der Waals surface area contributed by atoms with Gasteiger partial charge in [-0.25, -0.2) is 0 Å². The highest BCUT2D eigenvalue weighted by Gasteiger charge is 2.57. The molecule has 2 heteroatoms. The maximum atomic E-state index is 9.94. The Morgan fingerprint density at radius 1 is 1.12 bits per heavy atom. The average Bonchev–Trinajstić information content (AvgIpc) is 2.60. The second-order valence-corrected chi connectivity index (χ2v) is 7.47. The normalized spacial score (nSPS) is 52.9. The molecule has 1 heterocycles. The first kappa shape index (κ1) is 12.0. The average molecular weight is 238 g/mol. The molecule has 0 aromatic carbocycles. The lowest BCUT2D eigenvalue weighted by Crippen LogP contribution is -2.51. The number of fused-ring (bicyclic) bond motifs is 3. The van der Waals surface area contributed by atoms with Crippen molar-refractivity contribution in [2.24, 2.45) is 28.6 Å². The molecule has 0 spiro atoms. The summed E-state index contributed by atoms with van der Waals surface area (Å²) in [5.41, 5.74) is 0.883. The smallest absolute Gasteiger partial charge is 0.157 e. The Balaban J connectivity index is 1.93. The van der Waals surface area contributed by atoms with Crippen molar-refractivity contribution < 1.29 is 9.84 Å². The van der Waals surface area contributed by atoms with Gasteiger partial charge in [0.1, 0.15) is 0 Å². The van der Waals surface area contributed by atoms with Gasteiger partial charge in [-0.15, -0.1) is 0 Å². The summed E-state index contributed by atoms with van der Waals surface area (Å²) in [7, 11) is 0. The first-order valence-corrected chi connectivity index (χ1v) is 7.25. The van der Waals surface area contributed by atoms with Crippen molar-refractivity contribution in [2.75, 3.05) is 6.61 Å². The van der Waals surface area contributed by atoms with Crippen molar-refractivity contribution in [3.05, 3.63) is 0 Å². The van der Waals surface area contributed by atoms with Crippen molar-refractivity contribution in [1.82, 2.24) is 0 Å². The van der Waals surface area contributed by atoms with Crippen LogP contribution in [0.5, 0.6) is 0 Å².